The van der Waals surface area contributed by atoms with Crippen molar-refractivity contribution in [1.29, 1.82) is 0 Å². The molecule has 1 unspecified atom stereocenters. The summed E-state index contributed by atoms with van der Waals surface area (Å²) in [5.74, 6) is 0. The fourth-order valence-electron chi connectivity index (χ4n) is 2.25. The summed E-state index contributed by atoms with van der Waals surface area (Å²) in [4.78, 5) is 4.89. The minimum atomic E-state index is -0.0226. The molecule has 15 heavy (non-hydrogen) atoms. The standard InChI is InChI=1S/C12H27N3/c1-12(2,13)7-9-15-8-5-6-11(15)10-14(3)4/h11H,5-10,13H2,1-4H3. The lowest BCUT2D eigenvalue weighted by molar-refractivity contribution is 0.194. The van der Waals surface area contributed by atoms with Crippen LogP contribution in [0.15, 0.2) is 0 Å². The number of likely N-dealkylation sites (tertiary alicyclic amines) is 1. The van der Waals surface area contributed by atoms with Gasteiger partial charge in [0.05, 0.1) is 0 Å². The Morgan fingerprint density at radius 3 is 2.60 bits per heavy atom. The second-order valence-electron chi connectivity index (χ2n) is 5.83. The molecule has 2 N–H and O–H groups in total. The molecule has 1 aliphatic heterocycles. The van der Waals surface area contributed by atoms with E-state index in [2.05, 4.69) is 37.7 Å². The maximum absolute atomic E-state index is 6.02. The molecule has 0 spiro atoms. The average Bonchev–Trinajstić information content (AvgIpc) is 2.46. The van der Waals surface area contributed by atoms with Crippen molar-refractivity contribution >= 4 is 0 Å². The van der Waals surface area contributed by atoms with Crippen LogP contribution in [0.2, 0.25) is 0 Å². The van der Waals surface area contributed by atoms with Crippen molar-refractivity contribution in [3.05, 3.63) is 0 Å². The van der Waals surface area contributed by atoms with E-state index in [4.69, 9.17) is 5.73 Å². The molecule has 0 saturated carbocycles. The van der Waals surface area contributed by atoms with Gasteiger partial charge in [-0.25, -0.2) is 0 Å². The molecule has 0 aliphatic carbocycles. The first-order valence-corrected chi connectivity index (χ1v) is 6.06. The molecule has 90 valence electrons. The van der Waals surface area contributed by atoms with Gasteiger partial charge in [-0.1, -0.05) is 0 Å². The fraction of sp³-hybridized carbons (Fsp3) is 1.00. The van der Waals surface area contributed by atoms with Gasteiger partial charge in [0.25, 0.3) is 0 Å². The van der Waals surface area contributed by atoms with Crippen LogP contribution in [-0.2, 0) is 0 Å². The van der Waals surface area contributed by atoms with Crippen molar-refractivity contribution in [3.8, 4) is 0 Å². The smallest absolute Gasteiger partial charge is 0.0223 e. The quantitative estimate of drug-likeness (QED) is 0.743. The molecule has 3 heteroatoms. The summed E-state index contributed by atoms with van der Waals surface area (Å²) in [5, 5.41) is 0. The lowest BCUT2D eigenvalue weighted by Crippen LogP contribution is -2.42. The van der Waals surface area contributed by atoms with Crippen molar-refractivity contribution in [2.75, 3.05) is 33.7 Å². The first kappa shape index (κ1) is 12.9. The number of hydrogen-bond acceptors (Lipinski definition) is 3. The van der Waals surface area contributed by atoms with Crippen LogP contribution in [0.1, 0.15) is 33.1 Å². The average molecular weight is 213 g/mol. The minimum absolute atomic E-state index is 0.0226. The third-order valence-electron chi connectivity index (χ3n) is 3.12. The summed E-state index contributed by atoms with van der Waals surface area (Å²) < 4.78 is 0. The Hall–Kier alpha value is -0.120. The highest BCUT2D eigenvalue weighted by Crippen LogP contribution is 2.19. The lowest BCUT2D eigenvalue weighted by Gasteiger charge is -2.29. The maximum atomic E-state index is 6.02. The third-order valence-corrected chi connectivity index (χ3v) is 3.12. The highest BCUT2D eigenvalue weighted by atomic mass is 15.2. The van der Waals surface area contributed by atoms with E-state index in [0.717, 1.165) is 19.0 Å². The van der Waals surface area contributed by atoms with E-state index in [-0.39, 0.29) is 5.54 Å². The van der Waals surface area contributed by atoms with Gasteiger partial charge < -0.3 is 10.6 Å². The molecule has 0 bridgehead atoms. The predicted molar refractivity (Wildman–Crippen MR) is 66.0 cm³/mol. The van der Waals surface area contributed by atoms with Crippen LogP contribution in [0.5, 0.6) is 0 Å². The minimum Gasteiger partial charge on any atom is -0.326 e. The Morgan fingerprint density at radius 1 is 1.40 bits per heavy atom. The highest BCUT2D eigenvalue weighted by molar-refractivity contribution is 4.83. The van der Waals surface area contributed by atoms with E-state index >= 15 is 0 Å². The third kappa shape index (κ3) is 4.96. The molecule has 3 nitrogen and oxygen atoms in total. The molecule has 0 aromatic rings. The Balaban J connectivity index is 2.33. The second kappa shape index (κ2) is 5.28. The van der Waals surface area contributed by atoms with Crippen LogP contribution in [-0.4, -0.2) is 55.1 Å². The van der Waals surface area contributed by atoms with Gasteiger partial charge >= 0.3 is 0 Å². The molecule has 1 fully saturated rings. The first-order valence-electron chi connectivity index (χ1n) is 6.06. The molecular weight excluding hydrogens is 186 g/mol. The van der Waals surface area contributed by atoms with Crippen LogP contribution >= 0.6 is 0 Å². The maximum Gasteiger partial charge on any atom is 0.0223 e. The van der Waals surface area contributed by atoms with Crippen molar-refractivity contribution < 1.29 is 0 Å². The number of likely N-dealkylation sites (N-methyl/N-ethyl adjacent to an activating group) is 1. The zero-order valence-electron chi connectivity index (χ0n) is 10.8. The van der Waals surface area contributed by atoms with Gasteiger partial charge in [0.1, 0.15) is 0 Å². The topological polar surface area (TPSA) is 32.5 Å². The molecule has 0 radical (unpaired) electrons. The van der Waals surface area contributed by atoms with Crippen LogP contribution in [0.25, 0.3) is 0 Å². The predicted octanol–water partition coefficient (Wildman–Crippen LogP) is 1.14. The van der Waals surface area contributed by atoms with Crippen LogP contribution in [0.4, 0.5) is 0 Å². The van der Waals surface area contributed by atoms with Crippen molar-refractivity contribution in [2.24, 2.45) is 5.73 Å². The molecule has 1 saturated heterocycles. The molecule has 1 aliphatic rings. The second-order valence-corrected chi connectivity index (χ2v) is 5.83. The van der Waals surface area contributed by atoms with E-state index < -0.39 is 0 Å². The van der Waals surface area contributed by atoms with Crippen molar-refractivity contribution in [2.45, 2.75) is 44.7 Å². The normalized spacial score (nSPS) is 24.0. The first-order chi connectivity index (χ1) is 6.88. The molecule has 1 atom stereocenters. The summed E-state index contributed by atoms with van der Waals surface area (Å²) >= 11 is 0. The zero-order valence-corrected chi connectivity index (χ0v) is 10.8. The van der Waals surface area contributed by atoms with Crippen molar-refractivity contribution in [3.63, 3.8) is 0 Å². The van der Waals surface area contributed by atoms with Crippen molar-refractivity contribution in [1.82, 2.24) is 9.80 Å². The zero-order chi connectivity index (χ0) is 11.5. The van der Waals surface area contributed by atoms with Gasteiger partial charge in [0.2, 0.25) is 0 Å². The molecule has 0 aromatic heterocycles. The Labute approximate surface area is 94.6 Å². The molecule has 1 heterocycles. The van der Waals surface area contributed by atoms with Gasteiger partial charge in [-0.3, -0.25) is 4.90 Å². The Morgan fingerprint density at radius 2 is 2.07 bits per heavy atom. The van der Waals surface area contributed by atoms with E-state index in [1.807, 2.05) is 0 Å². The van der Waals surface area contributed by atoms with Crippen LogP contribution in [0, 0.1) is 0 Å². The van der Waals surface area contributed by atoms with Crippen LogP contribution in [0.3, 0.4) is 0 Å². The summed E-state index contributed by atoms with van der Waals surface area (Å²) in [6.45, 7) is 7.83. The van der Waals surface area contributed by atoms with E-state index in [0.29, 0.717) is 0 Å². The van der Waals surface area contributed by atoms with Gasteiger partial charge in [0, 0.05) is 24.7 Å². The fourth-order valence-corrected chi connectivity index (χ4v) is 2.25. The molecule has 1 rings (SSSR count). The van der Waals surface area contributed by atoms with Crippen LogP contribution < -0.4 is 5.73 Å². The van der Waals surface area contributed by atoms with Gasteiger partial charge in [-0.15, -0.1) is 0 Å². The van der Waals surface area contributed by atoms with E-state index in [1.165, 1.54) is 25.9 Å². The van der Waals surface area contributed by atoms with E-state index in [1.54, 1.807) is 0 Å². The number of hydrogen-bond donors (Lipinski definition) is 1. The molecule has 0 aromatic carbocycles. The SMILES string of the molecule is CN(C)CC1CCCN1CCC(C)(C)N. The largest absolute Gasteiger partial charge is 0.326 e. The van der Waals surface area contributed by atoms with Gasteiger partial charge in [-0.2, -0.15) is 0 Å². The summed E-state index contributed by atoms with van der Waals surface area (Å²) in [7, 11) is 4.31. The lowest BCUT2D eigenvalue weighted by atomic mass is 10.0. The Kier molecular flexibility index (Phi) is 4.56. The summed E-state index contributed by atoms with van der Waals surface area (Å²) in [6, 6.07) is 0.752. The summed E-state index contributed by atoms with van der Waals surface area (Å²) in [6.07, 6.45) is 3.80. The monoisotopic (exact) mass is 213 g/mol. The molecule has 0 amide bonds. The summed E-state index contributed by atoms with van der Waals surface area (Å²) in [5.41, 5.74) is 6.00. The van der Waals surface area contributed by atoms with Gasteiger partial charge in [-0.05, 0) is 53.8 Å². The Bertz CT molecular complexity index is 184. The number of rotatable bonds is 5. The number of nitrogens with two attached hydrogens (primary N) is 1. The molecular formula is C12H27N3. The van der Waals surface area contributed by atoms with E-state index in [9.17, 15) is 0 Å². The van der Waals surface area contributed by atoms with Gasteiger partial charge in [0.15, 0.2) is 0 Å². The number of nitrogens with zero attached hydrogens (tertiary/aromatic N) is 2. The highest BCUT2D eigenvalue weighted by Gasteiger charge is 2.25.